The normalized spacial score (nSPS) is 13.4. The third-order valence-electron chi connectivity index (χ3n) is 6.76. The molecule has 0 radical (unpaired) electrons. The Morgan fingerprint density at radius 2 is 1.54 bits per heavy atom. The molecule has 0 heterocycles. The Balaban J connectivity index is 1.47. The van der Waals surface area contributed by atoms with Gasteiger partial charge in [-0.3, -0.25) is 14.4 Å². The average molecular weight is 529 g/mol. The van der Waals surface area contributed by atoms with E-state index < -0.39 is 11.9 Å². The predicted molar refractivity (Wildman–Crippen MR) is 150 cm³/mol. The molecule has 3 aromatic rings. The van der Waals surface area contributed by atoms with Crippen molar-refractivity contribution in [3.05, 3.63) is 90.0 Å². The average Bonchev–Trinajstić information content (AvgIpc) is 3.79. The fourth-order valence-corrected chi connectivity index (χ4v) is 4.67. The van der Waals surface area contributed by atoms with E-state index in [-0.39, 0.29) is 17.9 Å². The molecule has 2 amide bonds. The minimum Gasteiger partial charge on any atom is -0.493 e. The SMILES string of the molecule is CCOC(=O)CCCCCOc1ccccc1C(C(N)=O)N(C(=O)c1ccc(-c2ccccc2)cc1)C1CC1. The number of nitrogens with zero attached hydrogens (tertiary/aromatic N) is 1. The van der Waals surface area contributed by atoms with E-state index >= 15 is 0 Å². The van der Waals surface area contributed by atoms with Crippen molar-refractivity contribution in [1.29, 1.82) is 0 Å². The van der Waals surface area contributed by atoms with Crippen LogP contribution >= 0.6 is 0 Å². The highest BCUT2D eigenvalue weighted by molar-refractivity contribution is 5.98. The Morgan fingerprint density at radius 1 is 0.872 bits per heavy atom. The fourth-order valence-electron chi connectivity index (χ4n) is 4.67. The third-order valence-corrected chi connectivity index (χ3v) is 6.76. The van der Waals surface area contributed by atoms with Gasteiger partial charge in [0.1, 0.15) is 11.8 Å². The molecule has 7 heteroatoms. The smallest absolute Gasteiger partial charge is 0.305 e. The fraction of sp³-hybridized carbons (Fsp3) is 0.344. The van der Waals surface area contributed by atoms with Crippen molar-refractivity contribution in [2.24, 2.45) is 5.73 Å². The molecule has 204 valence electrons. The Bertz CT molecular complexity index is 1260. The van der Waals surface area contributed by atoms with Gasteiger partial charge in [-0.25, -0.2) is 0 Å². The van der Waals surface area contributed by atoms with Crippen LogP contribution in [-0.4, -0.2) is 41.9 Å². The van der Waals surface area contributed by atoms with Gasteiger partial charge >= 0.3 is 5.97 Å². The van der Waals surface area contributed by atoms with Crippen LogP contribution in [0.15, 0.2) is 78.9 Å². The van der Waals surface area contributed by atoms with Crippen molar-refractivity contribution in [2.45, 2.75) is 57.5 Å². The number of amides is 2. The number of carbonyl (C=O) groups excluding carboxylic acids is 3. The van der Waals surface area contributed by atoms with Gasteiger partial charge in [-0.2, -0.15) is 0 Å². The molecule has 0 aliphatic heterocycles. The highest BCUT2D eigenvalue weighted by Crippen LogP contribution is 2.39. The summed E-state index contributed by atoms with van der Waals surface area (Å²) in [5.74, 6) is -0.478. The van der Waals surface area contributed by atoms with Crippen molar-refractivity contribution in [3.63, 3.8) is 0 Å². The van der Waals surface area contributed by atoms with Crippen LogP contribution in [0.2, 0.25) is 0 Å². The molecular weight excluding hydrogens is 492 g/mol. The second-order valence-corrected chi connectivity index (χ2v) is 9.69. The summed E-state index contributed by atoms with van der Waals surface area (Å²) < 4.78 is 11.0. The lowest BCUT2D eigenvalue weighted by molar-refractivity contribution is -0.143. The number of nitrogens with two attached hydrogens (primary N) is 1. The Morgan fingerprint density at radius 3 is 2.21 bits per heavy atom. The predicted octanol–water partition coefficient (Wildman–Crippen LogP) is 5.69. The van der Waals surface area contributed by atoms with Crippen LogP contribution in [0.3, 0.4) is 0 Å². The summed E-state index contributed by atoms with van der Waals surface area (Å²) in [6.07, 6.45) is 4.31. The van der Waals surface area contributed by atoms with E-state index in [4.69, 9.17) is 15.2 Å². The lowest BCUT2D eigenvalue weighted by Gasteiger charge is -2.31. The minimum absolute atomic E-state index is 0.0558. The van der Waals surface area contributed by atoms with Gasteiger partial charge in [-0.05, 0) is 68.4 Å². The van der Waals surface area contributed by atoms with Gasteiger partial charge in [0, 0.05) is 23.6 Å². The zero-order chi connectivity index (χ0) is 27.6. The summed E-state index contributed by atoms with van der Waals surface area (Å²) in [6.45, 7) is 2.60. The maximum atomic E-state index is 13.8. The number of hydrogen-bond donors (Lipinski definition) is 1. The molecule has 1 saturated carbocycles. The number of esters is 1. The first kappa shape index (κ1) is 27.9. The van der Waals surface area contributed by atoms with E-state index in [0.717, 1.165) is 43.2 Å². The summed E-state index contributed by atoms with van der Waals surface area (Å²) >= 11 is 0. The van der Waals surface area contributed by atoms with Crippen molar-refractivity contribution in [3.8, 4) is 16.9 Å². The number of rotatable bonds is 14. The Hall–Kier alpha value is -4.13. The molecule has 3 aromatic carbocycles. The summed E-state index contributed by atoms with van der Waals surface area (Å²) in [4.78, 5) is 39.8. The van der Waals surface area contributed by atoms with Gasteiger partial charge in [0.15, 0.2) is 0 Å². The molecule has 7 nitrogen and oxygen atoms in total. The van der Waals surface area contributed by atoms with Gasteiger partial charge in [0.25, 0.3) is 5.91 Å². The maximum absolute atomic E-state index is 13.8. The van der Waals surface area contributed by atoms with E-state index in [1.807, 2.05) is 54.6 Å². The number of hydrogen-bond acceptors (Lipinski definition) is 5. The number of primary amides is 1. The zero-order valence-electron chi connectivity index (χ0n) is 22.4. The molecular formula is C32H36N2O5. The van der Waals surface area contributed by atoms with E-state index in [2.05, 4.69) is 0 Å². The van der Waals surface area contributed by atoms with Crippen LogP contribution < -0.4 is 10.5 Å². The second kappa shape index (κ2) is 13.6. The summed E-state index contributed by atoms with van der Waals surface area (Å²) in [5.41, 5.74) is 9.10. The van der Waals surface area contributed by atoms with Crippen LogP contribution in [0, 0.1) is 0 Å². The van der Waals surface area contributed by atoms with E-state index in [9.17, 15) is 14.4 Å². The van der Waals surface area contributed by atoms with Gasteiger partial charge in [0.2, 0.25) is 5.91 Å². The van der Waals surface area contributed by atoms with Crippen LogP contribution in [0.5, 0.6) is 5.75 Å². The van der Waals surface area contributed by atoms with Crippen LogP contribution in [0.4, 0.5) is 0 Å². The molecule has 1 fully saturated rings. The molecule has 1 aliphatic carbocycles. The second-order valence-electron chi connectivity index (χ2n) is 9.69. The highest BCUT2D eigenvalue weighted by atomic mass is 16.5. The first-order chi connectivity index (χ1) is 19.0. The quantitative estimate of drug-likeness (QED) is 0.214. The number of unbranched alkanes of at least 4 members (excludes halogenated alkanes) is 2. The molecule has 1 aliphatic rings. The molecule has 0 aromatic heterocycles. The molecule has 1 unspecified atom stereocenters. The summed E-state index contributed by atoms with van der Waals surface area (Å²) in [6, 6.07) is 23.7. The highest BCUT2D eigenvalue weighted by Gasteiger charge is 2.42. The topological polar surface area (TPSA) is 98.9 Å². The molecule has 0 spiro atoms. The number of para-hydroxylation sites is 1. The summed E-state index contributed by atoms with van der Waals surface area (Å²) in [7, 11) is 0. The van der Waals surface area contributed by atoms with Gasteiger partial charge in [-0.15, -0.1) is 0 Å². The molecule has 2 N–H and O–H groups in total. The largest absolute Gasteiger partial charge is 0.493 e. The lowest BCUT2D eigenvalue weighted by atomic mass is 10.00. The zero-order valence-corrected chi connectivity index (χ0v) is 22.4. The van der Waals surface area contributed by atoms with Crippen LogP contribution in [-0.2, 0) is 14.3 Å². The van der Waals surface area contributed by atoms with Crippen molar-refractivity contribution in [1.82, 2.24) is 4.90 Å². The first-order valence-electron chi connectivity index (χ1n) is 13.6. The number of benzene rings is 3. The molecule has 1 atom stereocenters. The van der Waals surface area contributed by atoms with Crippen molar-refractivity contribution >= 4 is 17.8 Å². The van der Waals surface area contributed by atoms with Crippen LogP contribution in [0.1, 0.15) is 67.4 Å². The molecule has 0 bridgehead atoms. The number of carbonyl (C=O) groups is 3. The van der Waals surface area contributed by atoms with Gasteiger partial charge in [-0.1, -0.05) is 60.7 Å². The van der Waals surface area contributed by atoms with Gasteiger partial charge in [0.05, 0.1) is 13.2 Å². The first-order valence-corrected chi connectivity index (χ1v) is 13.6. The molecule has 0 saturated heterocycles. The van der Waals surface area contributed by atoms with Crippen molar-refractivity contribution < 1.29 is 23.9 Å². The maximum Gasteiger partial charge on any atom is 0.305 e. The van der Waals surface area contributed by atoms with Gasteiger partial charge < -0.3 is 20.1 Å². The lowest BCUT2D eigenvalue weighted by Crippen LogP contribution is -2.43. The Kier molecular flexibility index (Phi) is 9.73. The summed E-state index contributed by atoms with van der Waals surface area (Å²) in [5, 5.41) is 0. The monoisotopic (exact) mass is 528 g/mol. The van der Waals surface area contributed by atoms with E-state index in [1.165, 1.54) is 0 Å². The number of ether oxygens (including phenoxy) is 2. The molecule has 4 rings (SSSR count). The van der Waals surface area contributed by atoms with Crippen molar-refractivity contribution in [2.75, 3.05) is 13.2 Å². The third kappa shape index (κ3) is 7.47. The van der Waals surface area contributed by atoms with E-state index in [1.54, 1.807) is 36.1 Å². The Labute approximate surface area is 229 Å². The van der Waals surface area contributed by atoms with Crippen LogP contribution in [0.25, 0.3) is 11.1 Å². The standard InChI is InChI=1S/C32H36N2O5/c1-2-38-29(35)15-7-4-10-22-39-28-14-9-8-13-27(28)30(31(33)36)34(26-20-21-26)32(37)25-18-16-24(17-19-25)23-11-5-3-6-12-23/h3,5-6,8-9,11-14,16-19,26,30H,2,4,7,10,15,20-22H2,1H3,(H2,33,36). The van der Waals surface area contributed by atoms with E-state index in [0.29, 0.717) is 36.5 Å². The minimum atomic E-state index is -0.946. The molecule has 39 heavy (non-hydrogen) atoms.